The first kappa shape index (κ1) is 23.6. The molecular weight excluding hydrogens is 425 g/mol. The van der Waals surface area contributed by atoms with E-state index in [-0.39, 0.29) is 0 Å². The number of rotatable bonds is 4. The van der Waals surface area contributed by atoms with Gasteiger partial charge >= 0.3 is 6.18 Å². The van der Waals surface area contributed by atoms with Gasteiger partial charge in [0.2, 0.25) is 0 Å². The minimum atomic E-state index is -4.41. The summed E-state index contributed by atoms with van der Waals surface area (Å²) in [5.74, 6) is 3.19. The summed E-state index contributed by atoms with van der Waals surface area (Å²) in [6.45, 7) is 6.29. The number of halogens is 3. The van der Waals surface area contributed by atoms with Gasteiger partial charge in [0.25, 0.3) is 0 Å². The first-order valence-corrected chi connectivity index (χ1v) is 13.8. The molecule has 0 amide bonds. The van der Waals surface area contributed by atoms with Crippen LogP contribution in [-0.2, 0) is 11.8 Å². The maximum atomic E-state index is 13.0. The molecule has 3 aromatic rings. The summed E-state index contributed by atoms with van der Waals surface area (Å²) in [6, 6.07) is 23.3. The summed E-state index contributed by atoms with van der Waals surface area (Å²) in [6.07, 6.45) is -2.73. The molecule has 0 aliphatic heterocycles. The lowest BCUT2D eigenvalue weighted by molar-refractivity contribution is -0.137. The number of alkyl halides is 3. The smallest absolute Gasteiger partial charge is 0.375 e. The van der Waals surface area contributed by atoms with Crippen LogP contribution < -0.4 is 0 Å². The minimum absolute atomic E-state index is 0.414. The Kier molecular flexibility index (Phi) is 6.78. The summed E-state index contributed by atoms with van der Waals surface area (Å²) in [7, 11) is -1.81. The van der Waals surface area contributed by atoms with Crippen molar-refractivity contribution in [2.75, 3.05) is 0 Å². The number of hydrogen-bond donors (Lipinski definition) is 1. The van der Waals surface area contributed by atoms with Crippen LogP contribution in [-0.4, -0.2) is 13.2 Å². The van der Waals surface area contributed by atoms with Crippen molar-refractivity contribution >= 4 is 14.1 Å². The van der Waals surface area contributed by atoms with Crippen LogP contribution in [0.4, 0.5) is 13.2 Å². The molecule has 0 bridgehead atoms. The molecule has 0 atom stereocenters. The van der Waals surface area contributed by atoms with E-state index in [1.807, 2.05) is 60.7 Å². The Morgan fingerprint density at radius 2 is 1.22 bits per heavy atom. The van der Waals surface area contributed by atoms with Crippen LogP contribution in [0.3, 0.4) is 0 Å². The van der Waals surface area contributed by atoms with Crippen LogP contribution in [0, 0.1) is 11.5 Å². The first-order chi connectivity index (χ1) is 15.0. The molecule has 0 aliphatic rings. The SMILES string of the molecule is C[Si](C)(C)C#C/C(=C\c1ccc(C(F)(F)F)cc1)C(O)(c1ccccc1)c1ccccc1. The second kappa shape index (κ2) is 9.19. The molecule has 0 aromatic heterocycles. The predicted molar refractivity (Wildman–Crippen MR) is 126 cm³/mol. The van der Waals surface area contributed by atoms with Gasteiger partial charge in [0.05, 0.1) is 5.56 Å². The van der Waals surface area contributed by atoms with E-state index in [4.69, 9.17) is 0 Å². The molecule has 0 unspecified atom stereocenters. The van der Waals surface area contributed by atoms with Crippen molar-refractivity contribution in [1.82, 2.24) is 0 Å². The monoisotopic (exact) mass is 450 g/mol. The zero-order chi connectivity index (χ0) is 23.4. The van der Waals surface area contributed by atoms with Crippen LogP contribution in [0.15, 0.2) is 90.5 Å². The molecule has 3 aromatic carbocycles. The Morgan fingerprint density at radius 3 is 1.62 bits per heavy atom. The van der Waals surface area contributed by atoms with Crippen molar-refractivity contribution in [2.24, 2.45) is 0 Å². The van der Waals surface area contributed by atoms with Crippen molar-refractivity contribution in [2.45, 2.75) is 31.4 Å². The standard InChI is InChI=1S/C27H25F3OSi/c1-32(2,3)19-18-25(20-21-14-16-24(17-15-21)27(28,29)30)26(31,22-10-6-4-7-11-22)23-12-8-5-9-13-23/h4-17,20,31H,1-3H3/b25-20+. The lowest BCUT2D eigenvalue weighted by atomic mass is 9.79. The largest absolute Gasteiger partial charge is 0.416 e. The van der Waals surface area contributed by atoms with E-state index in [1.54, 1.807) is 6.08 Å². The van der Waals surface area contributed by atoms with Crippen molar-refractivity contribution in [3.05, 3.63) is 113 Å². The molecule has 3 rings (SSSR count). The molecule has 0 saturated carbocycles. The van der Waals surface area contributed by atoms with E-state index >= 15 is 0 Å². The molecule has 0 radical (unpaired) electrons. The Balaban J connectivity index is 2.24. The molecule has 0 heterocycles. The highest BCUT2D eigenvalue weighted by molar-refractivity contribution is 6.83. The van der Waals surface area contributed by atoms with Crippen LogP contribution >= 0.6 is 0 Å². The normalized spacial score (nSPS) is 12.8. The lowest BCUT2D eigenvalue weighted by Gasteiger charge is -2.30. The fraction of sp³-hybridized carbons (Fsp3) is 0.185. The quantitative estimate of drug-likeness (QED) is 0.338. The van der Waals surface area contributed by atoms with Crippen LogP contribution in [0.25, 0.3) is 6.08 Å². The highest BCUT2D eigenvalue weighted by Gasteiger charge is 2.35. The number of benzene rings is 3. The van der Waals surface area contributed by atoms with Gasteiger partial charge in [-0.25, -0.2) is 0 Å². The molecule has 164 valence electrons. The summed E-state index contributed by atoms with van der Waals surface area (Å²) in [5.41, 5.74) is 3.24. The highest BCUT2D eigenvalue weighted by atomic mass is 28.3. The lowest BCUT2D eigenvalue weighted by Crippen LogP contribution is -2.30. The molecule has 1 nitrogen and oxygen atoms in total. The van der Waals surface area contributed by atoms with Crippen LogP contribution in [0.5, 0.6) is 0 Å². The minimum Gasteiger partial charge on any atom is -0.375 e. The topological polar surface area (TPSA) is 20.2 Å². The van der Waals surface area contributed by atoms with E-state index in [9.17, 15) is 18.3 Å². The van der Waals surface area contributed by atoms with Crippen molar-refractivity contribution in [3.8, 4) is 11.5 Å². The van der Waals surface area contributed by atoms with E-state index in [0.29, 0.717) is 22.3 Å². The average Bonchev–Trinajstić information content (AvgIpc) is 2.76. The molecule has 0 aliphatic carbocycles. The Labute approximate surface area is 188 Å². The van der Waals surface area contributed by atoms with Gasteiger partial charge in [-0.1, -0.05) is 98.4 Å². The maximum Gasteiger partial charge on any atom is 0.416 e. The van der Waals surface area contributed by atoms with Gasteiger partial charge in [0.15, 0.2) is 0 Å². The second-order valence-corrected chi connectivity index (χ2v) is 13.4. The zero-order valence-corrected chi connectivity index (χ0v) is 19.2. The summed E-state index contributed by atoms with van der Waals surface area (Å²) in [5, 5.41) is 12.1. The van der Waals surface area contributed by atoms with Gasteiger partial charge in [-0.2, -0.15) is 13.2 Å². The summed E-state index contributed by atoms with van der Waals surface area (Å²) < 4.78 is 39.0. The summed E-state index contributed by atoms with van der Waals surface area (Å²) >= 11 is 0. The van der Waals surface area contributed by atoms with Crippen molar-refractivity contribution in [1.29, 1.82) is 0 Å². The second-order valence-electron chi connectivity index (χ2n) is 8.62. The Bertz CT molecular complexity index is 1090. The average molecular weight is 451 g/mol. The maximum absolute atomic E-state index is 13.0. The first-order valence-electron chi connectivity index (χ1n) is 10.3. The molecule has 1 N–H and O–H groups in total. The molecular formula is C27H25F3OSi. The van der Waals surface area contributed by atoms with Crippen LogP contribution in [0.1, 0.15) is 22.3 Å². The molecule has 0 saturated heterocycles. The fourth-order valence-corrected chi connectivity index (χ4v) is 3.77. The van der Waals surface area contributed by atoms with Crippen LogP contribution in [0.2, 0.25) is 19.6 Å². The zero-order valence-electron chi connectivity index (χ0n) is 18.2. The van der Waals surface area contributed by atoms with Gasteiger partial charge in [-0.3, -0.25) is 0 Å². The third-order valence-electron chi connectivity index (χ3n) is 4.89. The summed E-state index contributed by atoms with van der Waals surface area (Å²) in [4.78, 5) is 0. The molecule has 32 heavy (non-hydrogen) atoms. The molecule has 0 spiro atoms. The number of hydrogen-bond acceptors (Lipinski definition) is 1. The van der Waals surface area contributed by atoms with Crippen molar-refractivity contribution < 1.29 is 18.3 Å². The Morgan fingerprint density at radius 1 is 0.750 bits per heavy atom. The van der Waals surface area contributed by atoms with E-state index < -0.39 is 25.4 Å². The molecule has 5 heteroatoms. The highest BCUT2D eigenvalue weighted by Crippen LogP contribution is 2.38. The van der Waals surface area contributed by atoms with E-state index in [2.05, 4.69) is 31.1 Å². The van der Waals surface area contributed by atoms with Gasteiger partial charge in [0, 0.05) is 5.57 Å². The van der Waals surface area contributed by atoms with Gasteiger partial charge in [0.1, 0.15) is 13.7 Å². The van der Waals surface area contributed by atoms with Gasteiger partial charge in [-0.05, 0) is 34.9 Å². The number of aliphatic hydroxyl groups is 1. The molecule has 0 fully saturated rings. The fourth-order valence-electron chi connectivity index (χ4n) is 3.26. The van der Waals surface area contributed by atoms with E-state index in [0.717, 1.165) is 12.1 Å². The predicted octanol–water partition coefficient (Wildman–Crippen LogP) is 6.91. The third kappa shape index (κ3) is 5.59. The van der Waals surface area contributed by atoms with E-state index in [1.165, 1.54) is 12.1 Å². The Hall–Kier alpha value is -3.07. The van der Waals surface area contributed by atoms with Gasteiger partial charge in [-0.15, -0.1) is 5.54 Å². The van der Waals surface area contributed by atoms with Crippen molar-refractivity contribution in [3.63, 3.8) is 0 Å². The van der Waals surface area contributed by atoms with Gasteiger partial charge < -0.3 is 5.11 Å². The third-order valence-corrected chi connectivity index (χ3v) is 5.77.